The maximum Gasteiger partial charge on any atom is 0.523 e. The predicted octanol–water partition coefficient (Wildman–Crippen LogP) is 3.86. The Bertz CT molecular complexity index is 1040. The van der Waals surface area contributed by atoms with E-state index in [-0.39, 0.29) is 0 Å². The van der Waals surface area contributed by atoms with Crippen LogP contribution in [0.25, 0.3) is 0 Å². The molecule has 0 N–H and O–H groups in total. The van der Waals surface area contributed by atoms with Crippen molar-refractivity contribution < 1.29 is 25.8 Å². The fourth-order valence-corrected chi connectivity index (χ4v) is 9.47. The second kappa shape index (κ2) is 7.83. The van der Waals surface area contributed by atoms with E-state index in [4.69, 9.17) is 4.18 Å². The molecule has 0 saturated carbocycles. The molecule has 1 aliphatic rings. The minimum absolute atomic E-state index is 0.509. The Morgan fingerprint density at radius 2 is 1.13 bits per heavy atom. The molecular formula is C22H23F3O3SSi. The molecule has 0 radical (unpaired) electrons. The molecule has 0 saturated heterocycles. The molecule has 30 heavy (non-hydrogen) atoms. The van der Waals surface area contributed by atoms with E-state index in [1.807, 2.05) is 36.4 Å². The number of benzene rings is 2. The zero-order chi connectivity index (χ0) is 22.3. The second-order valence-electron chi connectivity index (χ2n) is 7.47. The summed E-state index contributed by atoms with van der Waals surface area (Å²) in [5.74, 6) is 0. The second-order valence-corrected chi connectivity index (χ2v) is 12.0. The molecule has 160 valence electrons. The molecule has 1 aliphatic carbocycles. The van der Waals surface area contributed by atoms with Gasteiger partial charge in [-0.1, -0.05) is 71.0 Å². The van der Waals surface area contributed by atoms with Crippen molar-refractivity contribution in [2.45, 2.75) is 38.4 Å². The van der Waals surface area contributed by atoms with Crippen molar-refractivity contribution in [2.24, 2.45) is 0 Å². The predicted molar refractivity (Wildman–Crippen MR) is 115 cm³/mol. The third-order valence-electron chi connectivity index (χ3n) is 6.00. The van der Waals surface area contributed by atoms with Crippen molar-refractivity contribution in [3.05, 3.63) is 83.0 Å². The first-order valence-corrected chi connectivity index (χ1v) is 12.6. The SMILES string of the molecule is CC1=C(C)C(OS(=O)(=O)C(F)(F)F)([SiH](c2ccccc2)c2ccccc2)C(C)=C1C. The third-order valence-corrected chi connectivity index (χ3v) is 11.1. The molecule has 0 aliphatic heterocycles. The lowest BCUT2D eigenvalue weighted by Crippen LogP contribution is -2.63. The first kappa shape index (κ1) is 22.5. The first-order valence-electron chi connectivity index (χ1n) is 9.41. The highest BCUT2D eigenvalue weighted by Crippen LogP contribution is 2.46. The van der Waals surface area contributed by atoms with Crippen LogP contribution in [-0.4, -0.2) is 27.9 Å². The van der Waals surface area contributed by atoms with Crippen LogP contribution >= 0.6 is 0 Å². The normalized spacial score (nSPS) is 17.2. The fourth-order valence-electron chi connectivity index (χ4n) is 4.18. The summed E-state index contributed by atoms with van der Waals surface area (Å²) in [6.07, 6.45) is 0. The van der Waals surface area contributed by atoms with Gasteiger partial charge in [0, 0.05) is 0 Å². The van der Waals surface area contributed by atoms with Crippen LogP contribution in [0.3, 0.4) is 0 Å². The molecule has 2 aromatic carbocycles. The molecule has 3 rings (SSSR count). The van der Waals surface area contributed by atoms with Crippen LogP contribution in [0.1, 0.15) is 27.7 Å². The minimum atomic E-state index is -5.85. The van der Waals surface area contributed by atoms with E-state index in [0.29, 0.717) is 11.1 Å². The lowest BCUT2D eigenvalue weighted by Gasteiger charge is -2.40. The Hall–Kier alpha value is -2.16. The number of hydrogen-bond donors (Lipinski definition) is 0. The summed E-state index contributed by atoms with van der Waals surface area (Å²) in [7, 11) is -8.57. The molecule has 3 nitrogen and oxygen atoms in total. The van der Waals surface area contributed by atoms with Gasteiger partial charge in [-0.2, -0.15) is 21.6 Å². The molecule has 0 fully saturated rings. The molecule has 0 atom stereocenters. The van der Waals surface area contributed by atoms with E-state index >= 15 is 0 Å². The summed E-state index contributed by atoms with van der Waals surface area (Å²) in [6.45, 7) is 6.93. The Morgan fingerprint density at radius 1 is 0.767 bits per heavy atom. The van der Waals surface area contributed by atoms with Crippen molar-refractivity contribution >= 4 is 29.3 Å². The van der Waals surface area contributed by atoms with Crippen LogP contribution in [0.4, 0.5) is 13.2 Å². The average Bonchev–Trinajstić information content (AvgIpc) is 2.85. The van der Waals surface area contributed by atoms with Gasteiger partial charge in [0.2, 0.25) is 0 Å². The maximum absolute atomic E-state index is 13.4. The monoisotopic (exact) mass is 452 g/mol. The Kier molecular flexibility index (Phi) is 5.88. The molecule has 2 aromatic rings. The largest absolute Gasteiger partial charge is 0.523 e. The summed E-state index contributed by atoms with van der Waals surface area (Å²) < 4.78 is 70.2. The number of halogens is 3. The van der Waals surface area contributed by atoms with Crippen LogP contribution < -0.4 is 10.4 Å². The molecule has 0 heterocycles. The van der Waals surface area contributed by atoms with Gasteiger partial charge in [0.25, 0.3) is 0 Å². The molecule has 8 heteroatoms. The Morgan fingerprint density at radius 3 is 1.47 bits per heavy atom. The number of allylic oxidation sites excluding steroid dienone is 2. The number of rotatable bonds is 5. The molecule has 0 bridgehead atoms. The first-order chi connectivity index (χ1) is 13.9. The highest BCUT2D eigenvalue weighted by Gasteiger charge is 2.58. The minimum Gasteiger partial charge on any atom is -0.251 e. The quantitative estimate of drug-likeness (QED) is 0.393. The zero-order valence-electron chi connectivity index (χ0n) is 17.1. The van der Waals surface area contributed by atoms with E-state index < -0.39 is 29.6 Å². The van der Waals surface area contributed by atoms with E-state index in [2.05, 4.69) is 0 Å². The van der Waals surface area contributed by atoms with Gasteiger partial charge in [0.05, 0.1) is 0 Å². The summed E-state index contributed by atoms with van der Waals surface area (Å²) in [6, 6.07) is 18.2. The lowest BCUT2D eigenvalue weighted by molar-refractivity contribution is -0.0567. The van der Waals surface area contributed by atoms with Gasteiger partial charge < -0.3 is 0 Å². The van der Waals surface area contributed by atoms with Crippen LogP contribution in [0.5, 0.6) is 0 Å². The van der Waals surface area contributed by atoms with Crippen LogP contribution in [-0.2, 0) is 14.3 Å². The van der Waals surface area contributed by atoms with Crippen molar-refractivity contribution in [3.8, 4) is 0 Å². The Balaban J connectivity index is 2.39. The summed E-state index contributed by atoms with van der Waals surface area (Å²) >= 11 is 0. The van der Waals surface area contributed by atoms with Gasteiger partial charge in [-0.25, -0.2) is 0 Å². The Labute approximate surface area is 176 Å². The summed E-state index contributed by atoms with van der Waals surface area (Å²) in [4.78, 5) is 0. The molecular weight excluding hydrogens is 429 g/mol. The standard InChI is InChI=1S/C22H23F3O3SSi/c1-15-16(2)18(4)21(17(15)3,28-29(26,27)22(23,24)25)30(19-11-7-5-8-12-19)20-13-9-6-10-14-20/h5-14,30H,1-4H3. The maximum atomic E-state index is 13.4. The molecule has 0 amide bonds. The van der Waals surface area contributed by atoms with Gasteiger partial charge in [-0.15, -0.1) is 0 Å². The lowest BCUT2D eigenvalue weighted by atomic mass is 10.1. The van der Waals surface area contributed by atoms with Gasteiger partial charge in [0.1, 0.15) is 5.22 Å². The number of alkyl halides is 3. The molecule has 0 spiro atoms. The van der Waals surface area contributed by atoms with Gasteiger partial charge in [-0.3, -0.25) is 4.18 Å². The summed E-state index contributed by atoms with van der Waals surface area (Å²) in [5.41, 5.74) is -2.98. The molecule has 0 aromatic heterocycles. The van der Waals surface area contributed by atoms with Crippen molar-refractivity contribution in [1.82, 2.24) is 0 Å². The van der Waals surface area contributed by atoms with Gasteiger partial charge in [0.15, 0.2) is 8.80 Å². The zero-order valence-corrected chi connectivity index (χ0v) is 19.1. The van der Waals surface area contributed by atoms with Gasteiger partial charge >= 0.3 is 15.6 Å². The summed E-state index contributed by atoms with van der Waals surface area (Å²) in [5, 5.41) is -0.102. The molecule has 0 unspecified atom stereocenters. The van der Waals surface area contributed by atoms with E-state index in [1.54, 1.807) is 52.0 Å². The van der Waals surface area contributed by atoms with Crippen LogP contribution in [0.2, 0.25) is 0 Å². The van der Waals surface area contributed by atoms with Crippen molar-refractivity contribution in [3.63, 3.8) is 0 Å². The average molecular weight is 453 g/mol. The number of hydrogen-bond acceptors (Lipinski definition) is 3. The smallest absolute Gasteiger partial charge is 0.251 e. The third kappa shape index (κ3) is 3.57. The van der Waals surface area contributed by atoms with Crippen LogP contribution in [0.15, 0.2) is 83.0 Å². The van der Waals surface area contributed by atoms with Crippen LogP contribution in [0, 0.1) is 0 Å². The van der Waals surface area contributed by atoms with Gasteiger partial charge in [-0.05, 0) is 50.0 Å². The topological polar surface area (TPSA) is 43.4 Å². The van der Waals surface area contributed by atoms with Crippen molar-refractivity contribution in [1.29, 1.82) is 0 Å². The van der Waals surface area contributed by atoms with E-state index in [0.717, 1.165) is 21.5 Å². The van der Waals surface area contributed by atoms with E-state index in [1.165, 1.54) is 0 Å². The van der Waals surface area contributed by atoms with Crippen molar-refractivity contribution in [2.75, 3.05) is 0 Å². The highest BCUT2D eigenvalue weighted by atomic mass is 32.2. The van der Waals surface area contributed by atoms with E-state index in [9.17, 15) is 21.6 Å². The highest BCUT2D eigenvalue weighted by molar-refractivity contribution is 7.87. The fraction of sp³-hybridized carbons (Fsp3) is 0.273.